The highest BCUT2D eigenvalue weighted by molar-refractivity contribution is 7.99. The Hall–Kier alpha value is -1.00. The molecule has 2 atom stereocenters. The van der Waals surface area contributed by atoms with E-state index < -0.39 is 0 Å². The molecule has 1 saturated heterocycles. The van der Waals surface area contributed by atoms with Crippen molar-refractivity contribution in [2.75, 3.05) is 19.6 Å². The molecule has 25 heavy (non-hydrogen) atoms. The number of benzene rings is 2. The van der Waals surface area contributed by atoms with Gasteiger partial charge < -0.3 is 5.32 Å². The molecule has 0 spiro atoms. The Morgan fingerprint density at radius 1 is 1.20 bits per heavy atom. The summed E-state index contributed by atoms with van der Waals surface area (Å²) < 4.78 is 0. The number of nitrogens with one attached hydrogen (secondary N) is 1. The van der Waals surface area contributed by atoms with Crippen molar-refractivity contribution in [1.29, 1.82) is 0 Å². The molecule has 0 saturated carbocycles. The predicted octanol–water partition coefficient (Wildman–Crippen LogP) is 5.16. The number of nitrogens with zero attached hydrogens (tertiary/aromatic N) is 1. The number of likely N-dealkylation sites (N-methyl/N-ethyl adjacent to an activating group) is 1. The summed E-state index contributed by atoms with van der Waals surface area (Å²) in [6.45, 7) is 5.74. The third-order valence-corrected chi connectivity index (χ3v) is 6.91. The number of likely N-dealkylation sites (tertiary alicyclic amines) is 1. The molecule has 0 aromatic heterocycles. The minimum atomic E-state index is 0.350. The zero-order valence-corrected chi connectivity index (χ0v) is 16.2. The third kappa shape index (κ3) is 3.75. The molecule has 132 valence electrons. The molecule has 4 rings (SSSR count). The van der Waals surface area contributed by atoms with Crippen molar-refractivity contribution in [2.24, 2.45) is 0 Å². The van der Waals surface area contributed by atoms with E-state index in [4.69, 9.17) is 11.6 Å². The highest BCUT2D eigenvalue weighted by Gasteiger charge is 2.26. The quantitative estimate of drug-likeness (QED) is 0.797. The Morgan fingerprint density at radius 2 is 2.08 bits per heavy atom. The van der Waals surface area contributed by atoms with E-state index in [9.17, 15) is 0 Å². The fourth-order valence-corrected chi connectivity index (χ4v) is 5.44. The van der Waals surface area contributed by atoms with Gasteiger partial charge in [0.2, 0.25) is 0 Å². The molecule has 1 N–H and O–H groups in total. The first-order valence-corrected chi connectivity index (χ1v) is 10.5. The Bertz CT molecular complexity index is 748. The summed E-state index contributed by atoms with van der Waals surface area (Å²) in [5.41, 5.74) is 2.77. The van der Waals surface area contributed by atoms with Gasteiger partial charge in [-0.05, 0) is 67.7 Å². The Morgan fingerprint density at radius 3 is 2.96 bits per heavy atom. The van der Waals surface area contributed by atoms with Crippen LogP contribution in [0.1, 0.15) is 36.9 Å². The molecule has 4 heteroatoms. The van der Waals surface area contributed by atoms with Crippen LogP contribution >= 0.6 is 23.4 Å². The number of hydrogen-bond acceptors (Lipinski definition) is 3. The fraction of sp³-hybridized carbons (Fsp3) is 0.429. The first-order valence-electron chi connectivity index (χ1n) is 9.27. The Balaban J connectivity index is 1.59. The lowest BCUT2D eigenvalue weighted by Crippen LogP contribution is -2.39. The molecule has 2 heterocycles. The zero-order valence-electron chi connectivity index (χ0n) is 14.7. The Labute approximate surface area is 159 Å². The van der Waals surface area contributed by atoms with Crippen LogP contribution in [-0.2, 0) is 6.42 Å². The predicted molar refractivity (Wildman–Crippen MR) is 107 cm³/mol. The molecule has 0 radical (unpaired) electrons. The van der Waals surface area contributed by atoms with Gasteiger partial charge in [0.05, 0.1) is 0 Å². The molecular formula is C21H25ClN2S. The molecule has 0 bridgehead atoms. The summed E-state index contributed by atoms with van der Waals surface area (Å²) in [4.78, 5) is 5.30. The smallest absolute Gasteiger partial charge is 0.0409 e. The topological polar surface area (TPSA) is 15.3 Å². The van der Waals surface area contributed by atoms with Crippen LogP contribution in [0.2, 0.25) is 5.02 Å². The molecule has 0 unspecified atom stereocenters. The van der Waals surface area contributed by atoms with Crippen molar-refractivity contribution >= 4 is 23.4 Å². The van der Waals surface area contributed by atoms with Crippen LogP contribution in [0.15, 0.2) is 52.3 Å². The van der Waals surface area contributed by atoms with Crippen molar-refractivity contribution in [1.82, 2.24) is 10.2 Å². The fourth-order valence-electron chi connectivity index (χ4n) is 4.12. The van der Waals surface area contributed by atoms with E-state index in [1.165, 1.54) is 40.3 Å². The lowest BCUT2D eigenvalue weighted by molar-refractivity contribution is 0.253. The second kappa shape index (κ2) is 7.71. The van der Waals surface area contributed by atoms with E-state index in [0.29, 0.717) is 12.1 Å². The maximum atomic E-state index is 6.27. The second-order valence-electron chi connectivity index (χ2n) is 6.98. The SMILES string of the molecule is CCN1CCC[C@H]1CN[C@@H]1Cc2cc(Cl)ccc2Sc2ccccc21. The van der Waals surface area contributed by atoms with Gasteiger partial charge in [0.25, 0.3) is 0 Å². The van der Waals surface area contributed by atoms with Crippen LogP contribution in [0.25, 0.3) is 0 Å². The molecule has 2 aromatic carbocycles. The van der Waals surface area contributed by atoms with Gasteiger partial charge in [-0.25, -0.2) is 0 Å². The van der Waals surface area contributed by atoms with E-state index in [0.717, 1.165) is 24.5 Å². The molecule has 2 aromatic rings. The normalized spacial score (nSPS) is 23.1. The Kier molecular flexibility index (Phi) is 5.37. The monoisotopic (exact) mass is 372 g/mol. The summed E-state index contributed by atoms with van der Waals surface area (Å²) in [6, 6.07) is 16.1. The van der Waals surface area contributed by atoms with Gasteiger partial charge in [0, 0.05) is 33.4 Å². The van der Waals surface area contributed by atoms with Gasteiger partial charge in [0.1, 0.15) is 0 Å². The van der Waals surface area contributed by atoms with Crippen LogP contribution in [0.5, 0.6) is 0 Å². The van der Waals surface area contributed by atoms with Crippen molar-refractivity contribution < 1.29 is 0 Å². The summed E-state index contributed by atoms with van der Waals surface area (Å²) in [6.07, 6.45) is 3.64. The lowest BCUT2D eigenvalue weighted by Gasteiger charge is -2.26. The first-order chi connectivity index (χ1) is 12.2. The molecule has 2 aliphatic heterocycles. The van der Waals surface area contributed by atoms with Gasteiger partial charge in [-0.1, -0.05) is 48.5 Å². The summed E-state index contributed by atoms with van der Waals surface area (Å²) in [7, 11) is 0. The van der Waals surface area contributed by atoms with Crippen LogP contribution in [0.3, 0.4) is 0 Å². The number of fused-ring (bicyclic) bond motifs is 2. The molecule has 2 aliphatic rings. The summed E-state index contributed by atoms with van der Waals surface area (Å²) in [5, 5.41) is 4.72. The largest absolute Gasteiger partial charge is 0.308 e. The van der Waals surface area contributed by atoms with E-state index >= 15 is 0 Å². The minimum Gasteiger partial charge on any atom is -0.308 e. The third-order valence-electron chi connectivity index (χ3n) is 5.47. The summed E-state index contributed by atoms with van der Waals surface area (Å²) >= 11 is 8.14. The van der Waals surface area contributed by atoms with E-state index in [-0.39, 0.29) is 0 Å². The van der Waals surface area contributed by atoms with Crippen LogP contribution in [0.4, 0.5) is 0 Å². The summed E-state index contributed by atoms with van der Waals surface area (Å²) in [5.74, 6) is 0. The van der Waals surface area contributed by atoms with E-state index in [1.807, 2.05) is 17.8 Å². The van der Waals surface area contributed by atoms with Gasteiger partial charge in [-0.3, -0.25) is 4.90 Å². The zero-order chi connectivity index (χ0) is 17.2. The molecule has 2 nitrogen and oxygen atoms in total. The van der Waals surface area contributed by atoms with E-state index in [2.05, 4.69) is 53.5 Å². The molecule has 0 amide bonds. The van der Waals surface area contributed by atoms with Crippen LogP contribution in [-0.4, -0.2) is 30.6 Å². The average molecular weight is 373 g/mol. The van der Waals surface area contributed by atoms with Gasteiger partial charge >= 0.3 is 0 Å². The second-order valence-corrected chi connectivity index (χ2v) is 8.50. The number of halogens is 1. The minimum absolute atomic E-state index is 0.350. The van der Waals surface area contributed by atoms with Crippen molar-refractivity contribution in [3.05, 3.63) is 58.6 Å². The van der Waals surface area contributed by atoms with Gasteiger partial charge in [0.15, 0.2) is 0 Å². The van der Waals surface area contributed by atoms with Crippen LogP contribution < -0.4 is 5.32 Å². The van der Waals surface area contributed by atoms with Crippen molar-refractivity contribution in [3.63, 3.8) is 0 Å². The number of rotatable bonds is 4. The van der Waals surface area contributed by atoms with Crippen molar-refractivity contribution in [2.45, 2.75) is 48.1 Å². The maximum absolute atomic E-state index is 6.27. The number of hydrogen-bond donors (Lipinski definition) is 1. The molecule has 1 fully saturated rings. The average Bonchev–Trinajstić information content (AvgIpc) is 3.02. The van der Waals surface area contributed by atoms with Crippen LogP contribution in [0, 0.1) is 0 Å². The van der Waals surface area contributed by atoms with Crippen molar-refractivity contribution in [3.8, 4) is 0 Å². The molecule has 0 aliphatic carbocycles. The first kappa shape index (κ1) is 17.4. The van der Waals surface area contributed by atoms with Gasteiger partial charge in [-0.2, -0.15) is 0 Å². The van der Waals surface area contributed by atoms with E-state index in [1.54, 1.807) is 0 Å². The molecular weight excluding hydrogens is 348 g/mol. The highest BCUT2D eigenvalue weighted by atomic mass is 35.5. The highest BCUT2D eigenvalue weighted by Crippen LogP contribution is 2.41. The maximum Gasteiger partial charge on any atom is 0.0409 e. The lowest BCUT2D eigenvalue weighted by atomic mass is 9.98. The standard InChI is InChI=1S/C21H25ClN2S/c1-2-24-11-5-6-17(24)14-23-19-13-15-12-16(22)9-10-20(15)25-21-8-4-3-7-18(19)21/h3-4,7-10,12,17,19,23H,2,5-6,11,13-14H2,1H3/t17-,19+/m0/s1. The van der Waals surface area contributed by atoms with Gasteiger partial charge in [-0.15, -0.1) is 0 Å².